The van der Waals surface area contributed by atoms with Gasteiger partial charge in [0, 0.05) is 22.8 Å². The van der Waals surface area contributed by atoms with E-state index in [1.165, 1.54) is 5.56 Å². The molecule has 0 atom stereocenters. The molecule has 0 aliphatic heterocycles. The van der Waals surface area contributed by atoms with Gasteiger partial charge in [-0.25, -0.2) is 4.98 Å². The second-order valence-corrected chi connectivity index (χ2v) is 6.18. The lowest BCUT2D eigenvalue weighted by molar-refractivity contribution is 0.457. The van der Waals surface area contributed by atoms with Crippen molar-refractivity contribution in [3.63, 3.8) is 0 Å². The molecule has 0 aliphatic carbocycles. The highest BCUT2D eigenvalue weighted by atomic mass is 79.9. The van der Waals surface area contributed by atoms with Crippen LogP contribution in [0.3, 0.4) is 0 Å². The molecule has 1 N–H and O–H groups in total. The first-order valence-corrected chi connectivity index (χ1v) is 7.98. The van der Waals surface area contributed by atoms with Gasteiger partial charge in [-0.3, -0.25) is 0 Å². The fraction of sp³-hybridized carbons (Fsp3) is 0.267. The van der Waals surface area contributed by atoms with Gasteiger partial charge >= 0.3 is 0 Å². The highest BCUT2D eigenvalue weighted by Crippen LogP contribution is 2.31. The predicted octanol–water partition coefficient (Wildman–Crippen LogP) is 4.82. The van der Waals surface area contributed by atoms with E-state index in [4.69, 9.17) is 4.74 Å². The lowest BCUT2D eigenvalue weighted by Crippen LogP contribution is -2.12. The summed E-state index contributed by atoms with van der Waals surface area (Å²) in [6.45, 7) is 5.82. The minimum atomic E-state index is 0.612. The van der Waals surface area contributed by atoms with Crippen molar-refractivity contribution in [2.45, 2.75) is 20.4 Å². The van der Waals surface area contributed by atoms with Crippen LogP contribution in [0.4, 0.5) is 0 Å². The minimum absolute atomic E-state index is 0.612. The highest BCUT2D eigenvalue weighted by Gasteiger charge is 2.06. The van der Waals surface area contributed by atoms with Gasteiger partial charge < -0.3 is 10.1 Å². The third kappa shape index (κ3) is 4.30. The summed E-state index contributed by atoms with van der Waals surface area (Å²) in [5.74, 6) is 1.36. The van der Waals surface area contributed by atoms with Gasteiger partial charge in [0.05, 0.1) is 4.47 Å². The monoisotopic (exact) mass is 398 g/mol. The van der Waals surface area contributed by atoms with Crippen molar-refractivity contribution in [3.05, 3.63) is 50.5 Å². The van der Waals surface area contributed by atoms with Crippen LogP contribution in [-0.2, 0) is 6.54 Å². The number of rotatable bonds is 5. The molecular weight excluding hydrogens is 384 g/mol. The van der Waals surface area contributed by atoms with Crippen molar-refractivity contribution in [2.24, 2.45) is 0 Å². The number of nitrogens with zero attached hydrogens (tertiary/aromatic N) is 1. The smallest absolute Gasteiger partial charge is 0.219 e. The van der Waals surface area contributed by atoms with Crippen molar-refractivity contribution in [1.82, 2.24) is 10.3 Å². The number of benzene rings is 1. The van der Waals surface area contributed by atoms with Crippen molar-refractivity contribution >= 4 is 31.9 Å². The third-order valence-corrected chi connectivity index (χ3v) is 3.79. The fourth-order valence-electron chi connectivity index (χ4n) is 1.80. The molecule has 0 unspecified atom stereocenters. The summed E-state index contributed by atoms with van der Waals surface area (Å²) in [5, 5.41) is 3.30. The highest BCUT2D eigenvalue weighted by molar-refractivity contribution is 9.11. The average molecular weight is 400 g/mol. The normalized spacial score (nSPS) is 10.6. The molecule has 1 heterocycles. The molecule has 1 aromatic carbocycles. The van der Waals surface area contributed by atoms with E-state index in [1.807, 2.05) is 31.2 Å². The summed E-state index contributed by atoms with van der Waals surface area (Å²) < 4.78 is 7.75. The Morgan fingerprint density at radius 3 is 2.70 bits per heavy atom. The van der Waals surface area contributed by atoms with Crippen LogP contribution in [0.1, 0.15) is 18.2 Å². The Bertz CT molecular complexity index is 602. The zero-order chi connectivity index (χ0) is 14.5. The number of pyridine rings is 1. The van der Waals surface area contributed by atoms with E-state index in [1.54, 1.807) is 0 Å². The SMILES string of the molecule is CCNCc1cc(C)nc(Oc2ccc(Br)cc2Br)c1. The number of ether oxygens (including phenoxy) is 1. The molecule has 0 bridgehead atoms. The standard InChI is InChI=1S/C15H16Br2N2O/c1-3-18-9-11-6-10(2)19-15(7-11)20-14-5-4-12(16)8-13(14)17/h4-8,18H,3,9H2,1-2H3. The van der Waals surface area contributed by atoms with Crippen molar-refractivity contribution in [3.8, 4) is 11.6 Å². The molecule has 0 amide bonds. The molecule has 0 spiro atoms. The second kappa shape index (κ2) is 7.20. The average Bonchev–Trinajstić information content (AvgIpc) is 2.39. The van der Waals surface area contributed by atoms with E-state index >= 15 is 0 Å². The summed E-state index contributed by atoms with van der Waals surface area (Å²) >= 11 is 6.91. The zero-order valence-electron chi connectivity index (χ0n) is 11.4. The fourth-order valence-corrected chi connectivity index (χ4v) is 2.93. The van der Waals surface area contributed by atoms with E-state index in [2.05, 4.69) is 55.2 Å². The molecule has 0 saturated carbocycles. The second-order valence-electron chi connectivity index (χ2n) is 4.41. The Hall–Kier alpha value is -0.910. The van der Waals surface area contributed by atoms with Crippen molar-refractivity contribution in [1.29, 1.82) is 0 Å². The number of halogens is 2. The first-order chi connectivity index (χ1) is 9.58. The van der Waals surface area contributed by atoms with Gasteiger partial charge in [-0.1, -0.05) is 22.9 Å². The summed E-state index contributed by atoms with van der Waals surface area (Å²) in [6, 6.07) is 9.82. The van der Waals surface area contributed by atoms with Gasteiger partial charge in [-0.15, -0.1) is 0 Å². The number of aromatic nitrogens is 1. The van der Waals surface area contributed by atoms with Gasteiger partial charge in [0.1, 0.15) is 5.75 Å². The Kier molecular flexibility index (Phi) is 5.57. The van der Waals surface area contributed by atoms with Crippen LogP contribution in [-0.4, -0.2) is 11.5 Å². The molecule has 0 saturated heterocycles. The zero-order valence-corrected chi connectivity index (χ0v) is 14.6. The van der Waals surface area contributed by atoms with E-state index < -0.39 is 0 Å². The van der Waals surface area contributed by atoms with Gasteiger partial charge in [0.2, 0.25) is 5.88 Å². The topological polar surface area (TPSA) is 34.2 Å². The van der Waals surface area contributed by atoms with E-state index in [0.29, 0.717) is 5.88 Å². The number of hydrogen-bond donors (Lipinski definition) is 1. The Labute approximate surface area is 136 Å². The van der Waals surface area contributed by atoms with Crippen LogP contribution < -0.4 is 10.1 Å². The largest absolute Gasteiger partial charge is 0.438 e. The number of aryl methyl sites for hydroxylation is 1. The summed E-state index contributed by atoms with van der Waals surface area (Å²) in [7, 11) is 0. The number of nitrogens with one attached hydrogen (secondary N) is 1. The lowest BCUT2D eigenvalue weighted by Gasteiger charge is -2.10. The van der Waals surface area contributed by atoms with Crippen LogP contribution in [0.5, 0.6) is 11.6 Å². The molecule has 2 rings (SSSR count). The van der Waals surface area contributed by atoms with Crippen LogP contribution in [0.15, 0.2) is 39.3 Å². The number of hydrogen-bond acceptors (Lipinski definition) is 3. The molecular formula is C15H16Br2N2O. The van der Waals surface area contributed by atoms with Crippen LogP contribution in [0.25, 0.3) is 0 Å². The summed E-state index contributed by atoms with van der Waals surface area (Å²) in [4.78, 5) is 4.42. The first kappa shape index (κ1) is 15.5. The summed E-state index contributed by atoms with van der Waals surface area (Å²) in [6.07, 6.45) is 0. The van der Waals surface area contributed by atoms with Crippen molar-refractivity contribution < 1.29 is 4.74 Å². The molecule has 0 aliphatic rings. The quantitative estimate of drug-likeness (QED) is 0.782. The molecule has 1 aromatic heterocycles. The van der Waals surface area contributed by atoms with Gasteiger partial charge in [0.25, 0.3) is 0 Å². The molecule has 3 nitrogen and oxygen atoms in total. The molecule has 0 radical (unpaired) electrons. The van der Waals surface area contributed by atoms with Gasteiger partial charge in [-0.05, 0) is 59.2 Å². The van der Waals surface area contributed by atoms with E-state index in [0.717, 1.165) is 33.5 Å². The van der Waals surface area contributed by atoms with Crippen LogP contribution in [0, 0.1) is 6.92 Å². The lowest BCUT2D eigenvalue weighted by atomic mass is 10.2. The Morgan fingerprint density at radius 2 is 2.00 bits per heavy atom. The maximum atomic E-state index is 5.86. The molecule has 2 aromatic rings. The minimum Gasteiger partial charge on any atom is -0.438 e. The first-order valence-electron chi connectivity index (χ1n) is 6.39. The van der Waals surface area contributed by atoms with E-state index in [9.17, 15) is 0 Å². The van der Waals surface area contributed by atoms with Crippen LogP contribution >= 0.6 is 31.9 Å². The molecule has 0 fully saturated rings. The van der Waals surface area contributed by atoms with Gasteiger partial charge in [0.15, 0.2) is 0 Å². The molecule has 106 valence electrons. The van der Waals surface area contributed by atoms with Gasteiger partial charge in [-0.2, -0.15) is 0 Å². The van der Waals surface area contributed by atoms with Crippen LogP contribution in [0.2, 0.25) is 0 Å². The maximum Gasteiger partial charge on any atom is 0.219 e. The maximum absolute atomic E-state index is 5.86. The third-order valence-electron chi connectivity index (χ3n) is 2.68. The van der Waals surface area contributed by atoms with Crippen molar-refractivity contribution in [2.75, 3.05) is 6.54 Å². The predicted molar refractivity (Wildman–Crippen MR) is 88.3 cm³/mol. The Morgan fingerprint density at radius 1 is 1.20 bits per heavy atom. The summed E-state index contributed by atoms with van der Waals surface area (Å²) in [5.41, 5.74) is 2.12. The molecule has 5 heteroatoms. The van der Waals surface area contributed by atoms with E-state index in [-0.39, 0.29) is 0 Å². The molecule has 20 heavy (non-hydrogen) atoms. The Balaban J connectivity index is 2.21.